The maximum atomic E-state index is 3.58. The van der Waals surface area contributed by atoms with Gasteiger partial charge in [0, 0.05) is 19.8 Å². The van der Waals surface area contributed by atoms with Crippen LogP contribution < -0.4 is 0 Å². The molecule has 0 aliphatic rings. The summed E-state index contributed by atoms with van der Waals surface area (Å²) in [5.41, 5.74) is 0. The van der Waals surface area contributed by atoms with Crippen molar-refractivity contribution in [3.63, 3.8) is 0 Å². The van der Waals surface area contributed by atoms with Gasteiger partial charge < -0.3 is 0 Å². The molecule has 0 unspecified atom stereocenters. The molecule has 1 heterocycles. The molecule has 0 bridgehead atoms. The number of benzene rings is 1. The highest BCUT2D eigenvalue weighted by atomic mass is 79.9. The van der Waals surface area contributed by atoms with Crippen molar-refractivity contribution in [1.29, 1.82) is 0 Å². The van der Waals surface area contributed by atoms with Crippen LogP contribution >= 0.6 is 39.0 Å². The van der Waals surface area contributed by atoms with Crippen LogP contribution in [0.15, 0.2) is 28.7 Å². The lowest BCUT2D eigenvalue weighted by Gasteiger charge is -1.91. The fourth-order valence-corrected chi connectivity index (χ4v) is 3.81. The Kier molecular flexibility index (Phi) is 3.52. The Morgan fingerprint density at radius 2 is 2.29 bits per heavy atom. The predicted molar refractivity (Wildman–Crippen MR) is 71.4 cm³/mol. The number of hydrogen-bond acceptors (Lipinski definition) is 2. The van der Waals surface area contributed by atoms with Gasteiger partial charge in [-0.1, -0.05) is 19.1 Å². The quantitative estimate of drug-likeness (QED) is 0.772. The minimum Gasteiger partial charge on any atom is -0.157 e. The van der Waals surface area contributed by atoms with Gasteiger partial charge in [0.2, 0.25) is 0 Å². The molecule has 2 aromatic rings. The van der Waals surface area contributed by atoms with Crippen LogP contribution in [0.25, 0.3) is 10.1 Å². The highest BCUT2D eigenvalue weighted by molar-refractivity contribution is 9.10. The largest absolute Gasteiger partial charge is 0.157 e. The van der Waals surface area contributed by atoms with Crippen LogP contribution in [0.2, 0.25) is 0 Å². The van der Waals surface area contributed by atoms with E-state index in [9.17, 15) is 0 Å². The van der Waals surface area contributed by atoms with E-state index < -0.39 is 0 Å². The average Bonchev–Trinajstić information content (AvgIpc) is 2.59. The summed E-state index contributed by atoms with van der Waals surface area (Å²) in [6, 6.07) is 8.68. The predicted octanol–water partition coefficient (Wildman–Crippen LogP) is 4.92. The van der Waals surface area contributed by atoms with Crippen LogP contribution in [0.3, 0.4) is 0 Å². The fraction of sp³-hybridized carbons (Fsp3) is 0.273. The first-order valence-electron chi connectivity index (χ1n) is 4.56. The molecular formula is C11H11BrS2. The zero-order chi connectivity index (χ0) is 9.97. The zero-order valence-corrected chi connectivity index (χ0v) is 11.1. The maximum absolute atomic E-state index is 3.58. The van der Waals surface area contributed by atoms with E-state index in [1.165, 1.54) is 25.2 Å². The Morgan fingerprint density at radius 1 is 1.43 bits per heavy atom. The van der Waals surface area contributed by atoms with Crippen LogP contribution in [0, 0.1) is 0 Å². The number of hydrogen-bond donors (Lipinski definition) is 0. The van der Waals surface area contributed by atoms with Crippen molar-refractivity contribution in [3.05, 3.63) is 33.6 Å². The molecule has 74 valence electrons. The molecule has 0 saturated heterocycles. The van der Waals surface area contributed by atoms with E-state index in [4.69, 9.17) is 0 Å². The number of halogens is 1. The monoisotopic (exact) mass is 286 g/mol. The second-order valence-electron chi connectivity index (χ2n) is 3.01. The molecule has 0 saturated carbocycles. The van der Waals surface area contributed by atoms with Gasteiger partial charge in [-0.15, -0.1) is 11.3 Å². The molecule has 0 spiro atoms. The molecule has 1 aromatic heterocycles. The number of fused-ring (bicyclic) bond motifs is 1. The Labute approximate surface area is 101 Å². The van der Waals surface area contributed by atoms with Gasteiger partial charge in [0.25, 0.3) is 0 Å². The normalized spacial score (nSPS) is 11.0. The second-order valence-corrected chi connectivity index (χ2v) is 6.27. The Balaban J connectivity index is 2.36. The number of thiophene rings is 1. The lowest BCUT2D eigenvalue weighted by atomic mass is 10.2. The molecule has 0 radical (unpaired) electrons. The molecule has 0 amide bonds. The Bertz CT molecular complexity index is 434. The minimum absolute atomic E-state index is 1.14. The van der Waals surface area contributed by atoms with Crippen molar-refractivity contribution in [1.82, 2.24) is 0 Å². The highest BCUT2D eigenvalue weighted by Gasteiger charge is 2.03. The van der Waals surface area contributed by atoms with Gasteiger partial charge in [0.1, 0.15) is 0 Å². The van der Waals surface area contributed by atoms with Crippen LogP contribution in [0.4, 0.5) is 0 Å². The van der Waals surface area contributed by atoms with Crippen molar-refractivity contribution < 1.29 is 0 Å². The molecular weight excluding hydrogens is 276 g/mol. The van der Waals surface area contributed by atoms with Crippen molar-refractivity contribution in [2.75, 3.05) is 5.75 Å². The second kappa shape index (κ2) is 4.69. The van der Waals surface area contributed by atoms with E-state index in [1.54, 1.807) is 0 Å². The minimum atomic E-state index is 1.14. The first-order valence-corrected chi connectivity index (χ1v) is 7.32. The molecule has 2 rings (SSSR count). The molecule has 0 aliphatic heterocycles. The maximum Gasteiger partial charge on any atom is 0.0488 e. The third-order valence-corrected chi connectivity index (χ3v) is 5.21. The molecule has 14 heavy (non-hydrogen) atoms. The average molecular weight is 287 g/mol. The third-order valence-electron chi connectivity index (χ3n) is 2.00. The Hall–Kier alpha value is 0.01000. The Morgan fingerprint density at radius 3 is 3.00 bits per heavy atom. The van der Waals surface area contributed by atoms with E-state index in [2.05, 4.69) is 47.1 Å². The van der Waals surface area contributed by atoms with Crippen molar-refractivity contribution >= 4 is 49.1 Å². The van der Waals surface area contributed by atoms with E-state index >= 15 is 0 Å². The molecule has 0 fully saturated rings. The van der Waals surface area contributed by atoms with Crippen molar-refractivity contribution in [2.45, 2.75) is 12.7 Å². The number of thioether (sulfide) groups is 1. The third kappa shape index (κ3) is 2.15. The van der Waals surface area contributed by atoms with Gasteiger partial charge in [-0.2, -0.15) is 11.8 Å². The van der Waals surface area contributed by atoms with Gasteiger partial charge >= 0.3 is 0 Å². The molecule has 3 heteroatoms. The lowest BCUT2D eigenvalue weighted by molar-refractivity contribution is 1.47. The van der Waals surface area contributed by atoms with E-state index in [0.29, 0.717) is 0 Å². The summed E-state index contributed by atoms with van der Waals surface area (Å²) in [5.74, 6) is 2.33. The van der Waals surface area contributed by atoms with Gasteiger partial charge in [0.05, 0.1) is 0 Å². The summed E-state index contributed by atoms with van der Waals surface area (Å²) < 4.78 is 2.59. The van der Waals surface area contributed by atoms with E-state index in [0.717, 1.165) is 5.75 Å². The molecule has 0 aliphatic carbocycles. The van der Waals surface area contributed by atoms with Crippen molar-refractivity contribution in [3.8, 4) is 0 Å². The standard InChI is InChI=1S/C11H11BrS2/c1-2-13-7-9-6-8-4-3-5-10(12)11(8)14-9/h3-6H,2,7H2,1H3. The zero-order valence-electron chi connectivity index (χ0n) is 7.92. The SMILES string of the molecule is CCSCc1cc2cccc(Br)c2s1. The van der Waals surface area contributed by atoms with Gasteiger partial charge in [-0.05, 0) is 39.2 Å². The van der Waals surface area contributed by atoms with Crippen LogP contribution in [0.1, 0.15) is 11.8 Å². The first-order chi connectivity index (χ1) is 6.81. The summed E-state index contributed by atoms with van der Waals surface area (Å²) in [6.07, 6.45) is 0. The first kappa shape index (κ1) is 10.5. The smallest absolute Gasteiger partial charge is 0.0488 e. The summed E-state index contributed by atoms with van der Waals surface area (Å²) >= 11 is 7.46. The summed E-state index contributed by atoms with van der Waals surface area (Å²) in [5, 5.41) is 1.36. The van der Waals surface area contributed by atoms with E-state index in [-0.39, 0.29) is 0 Å². The summed E-state index contributed by atoms with van der Waals surface area (Å²) in [4.78, 5) is 1.47. The van der Waals surface area contributed by atoms with Crippen molar-refractivity contribution in [2.24, 2.45) is 0 Å². The molecule has 0 nitrogen and oxygen atoms in total. The van der Waals surface area contributed by atoms with Gasteiger partial charge in [0.15, 0.2) is 0 Å². The molecule has 0 atom stereocenters. The van der Waals surface area contributed by atoms with E-state index in [1.807, 2.05) is 23.1 Å². The van der Waals surface area contributed by atoms with Crippen LogP contribution in [-0.2, 0) is 5.75 Å². The topological polar surface area (TPSA) is 0 Å². The summed E-state index contributed by atoms with van der Waals surface area (Å²) in [6.45, 7) is 2.20. The number of rotatable bonds is 3. The van der Waals surface area contributed by atoms with Gasteiger partial charge in [-0.25, -0.2) is 0 Å². The van der Waals surface area contributed by atoms with Crippen LogP contribution in [0.5, 0.6) is 0 Å². The molecule has 0 N–H and O–H groups in total. The molecule has 1 aromatic carbocycles. The lowest BCUT2D eigenvalue weighted by Crippen LogP contribution is -1.71. The fourth-order valence-electron chi connectivity index (χ4n) is 1.35. The highest BCUT2D eigenvalue weighted by Crippen LogP contribution is 2.33. The van der Waals surface area contributed by atoms with Gasteiger partial charge in [-0.3, -0.25) is 0 Å². The summed E-state index contributed by atoms with van der Waals surface area (Å²) in [7, 11) is 0. The van der Waals surface area contributed by atoms with Crippen LogP contribution in [-0.4, -0.2) is 5.75 Å².